The summed E-state index contributed by atoms with van der Waals surface area (Å²) < 4.78 is 0. The van der Waals surface area contributed by atoms with E-state index in [1.54, 1.807) is 0 Å². The van der Waals surface area contributed by atoms with E-state index < -0.39 is 0 Å². The third kappa shape index (κ3) is 2.31. The van der Waals surface area contributed by atoms with Crippen LogP contribution in [0.15, 0.2) is 12.2 Å². The van der Waals surface area contributed by atoms with E-state index in [-0.39, 0.29) is 0 Å². The van der Waals surface area contributed by atoms with E-state index in [1.807, 2.05) is 0 Å². The first-order valence-corrected chi connectivity index (χ1v) is 4.36. The van der Waals surface area contributed by atoms with Gasteiger partial charge in [-0.2, -0.15) is 0 Å². The van der Waals surface area contributed by atoms with Crippen molar-refractivity contribution in [3.05, 3.63) is 12.2 Å². The molecule has 1 aliphatic rings. The lowest BCUT2D eigenvalue weighted by Gasteiger charge is -2.26. The van der Waals surface area contributed by atoms with Gasteiger partial charge in [-0.05, 0) is 38.1 Å². The third-order valence-corrected chi connectivity index (χ3v) is 2.50. The van der Waals surface area contributed by atoms with E-state index in [4.69, 9.17) is 11.5 Å². The predicted octanol–water partition coefficient (Wildman–Crippen LogP) is 0.875. The summed E-state index contributed by atoms with van der Waals surface area (Å²) in [4.78, 5) is 0. The molecule has 0 bridgehead atoms. The van der Waals surface area contributed by atoms with Gasteiger partial charge in [0.15, 0.2) is 0 Å². The Kier molecular flexibility index (Phi) is 3.09. The second-order valence-electron chi connectivity index (χ2n) is 3.51. The molecule has 1 rings (SSSR count). The van der Waals surface area contributed by atoms with Crippen molar-refractivity contribution in [3.63, 3.8) is 0 Å². The summed E-state index contributed by atoms with van der Waals surface area (Å²) in [5.74, 6) is 1.22. The van der Waals surface area contributed by atoms with Gasteiger partial charge in [0.1, 0.15) is 0 Å². The molecule has 2 heteroatoms. The van der Waals surface area contributed by atoms with Crippen LogP contribution in [0.4, 0.5) is 0 Å². The molecule has 0 saturated heterocycles. The Balaban J connectivity index is 2.44. The molecule has 0 heterocycles. The summed E-state index contributed by atoms with van der Waals surface area (Å²) in [6.07, 6.45) is 6.74. The average molecular weight is 154 g/mol. The molecule has 11 heavy (non-hydrogen) atoms. The Morgan fingerprint density at radius 1 is 1.64 bits per heavy atom. The standard InChI is InChI=1S/C9H18N2/c1-7(11)9-4-2-3-8(5-9)6-10/h2-3,7-9H,4-6,10-11H2,1H3/t7-,8?,9-/m1/s1. The van der Waals surface area contributed by atoms with Crippen LogP contribution in [0.1, 0.15) is 19.8 Å². The molecule has 0 amide bonds. The van der Waals surface area contributed by atoms with Crippen LogP contribution in [0.3, 0.4) is 0 Å². The van der Waals surface area contributed by atoms with Crippen molar-refractivity contribution in [1.29, 1.82) is 0 Å². The Morgan fingerprint density at radius 2 is 2.36 bits per heavy atom. The van der Waals surface area contributed by atoms with Crippen LogP contribution in [-0.4, -0.2) is 12.6 Å². The molecular formula is C9H18N2. The highest BCUT2D eigenvalue weighted by atomic mass is 14.6. The van der Waals surface area contributed by atoms with E-state index in [2.05, 4.69) is 19.1 Å². The first kappa shape index (κ1) is 8.75. The predicted molar refractivity (Wildman–Crippen MR) is 48.1 cm³/mol. The molecule has 0 saturated carbocycles. The molecular weight excluding hydrogens is 136 g/mol. The molecule has 0 aliphatic heterocycles. The van der Waals surface area contributed by atoms with Gasteiger partial charge in [0, 0.05) is 6.04 Å². The molecule has 0 radical (unpaired) electrons. The molecule has 3 atom stereocenters. The molecule has 64 valence electrons. The maximum atomic E-state index is 5.81. The molecule has 1 unspecified atom stereocenters. The van der Waals surface area contributed by atoms with Crippen molar-refractivity contribution in [2.45, 2.75) is 25.8 Å². The largest absolute Gasteiger partial charge is 0.330 e. The van der Waals surface area contributed by atoms with Crippen LogP contribution < -0.4 is 11.5 Å². The molecule has 4 N–H and O–H groups in total. The summed E-state index contributed by atoms with van der Waals surface area (Å²) in [7, 11) is 0. The summed E-state index contributed by atoms with van der Waals surface area (Å²) in [6.45, 7) is 2.84. The fraction of sp³-hybridized carbons (Fsp3) is 0.778. The zero-order valence-corrected chi connectivity index (χ0v) is 7.16. The summed E-state index contributed by atoms with van der Waals surface area (Å²) >= 11 is 0. The number of hydrogen-bond donors (Lipinski definition) is 2. The second kappa shape index (κ2) is 3.88. The fourth-order valence-corrected chi connectivity index (χ4v) is 1.61. The molecule has 0 aromatic heterocycles. The molecule has 1 aliphatic carbocycles. The SMILES string of the molecule is C[C@@H](N)[C@@H]1CC=CC(CN)C1. The first-order chi connectivity index (χ1) is 5.24. The fourth-order valence-electron chi connectivity index (χ4n) is 1.61. The normalized spacial score (nSPS) is 33.7. The maximum Gasteiger partial charge on any atom is 0.00419 e. The summed E-state index contributed by atoms with van der Waals surface area (Å²) in [5, 5.41) is 0. The zero-order chi connectivity index (χ0) is 8.27. The van der Waals surface area contributed by atoms with Gasteiger partial charge in [0.25, 0.3) is 0 Å². The van der Waals surface area contributed by atoms with Crippen LogP contribution in [0.2, 0.25) is 0 Å². The zero-order valence-electron chi connectivity index (χ0n) is 7.16. The average Bonchev–Trinajstić information content (AvgIpc) is 2.05. The molecule has 2 nitrogen and oxygen atoms in total. The number of allylic oxidation sites excluding steroid dienone is 1. The summed E-state index contributed by atoms with van der Waals surface area (Å²) in [6, 6.07) is 0.314. The minimum atomic E-state index is 0.314. The van der Waals surface area contributed by atoms with E-state index in [9.17, 15) is 0 Å². The van der Waals surface area contributed by atoms with Gasteiger partial charge in [-0.1, -0.05) is 12.2 Å². The highest BCUT2D eigenvalue weighted by Crippen LogP contribution is 2.24. The number of rotatable bonds is 2. The van der Waals surface area contributed by atoms with Crippen molar-refractivity contribution in [1.82, 2.24) is 0 Å². The lowest BCUT2D eigenvalue weighted by atomic mass is 9.83. The van der Waals surface area contributed by atoms with Crippen LogP contribution in [0, 0.1) is 11.8 Å². The first-order valence-electron chi connectivity index (χ1n) is 4.36. The van der Waals surface area contributed by atoms with Crippen molar-refractivity contribution in [3.8, 4) is 0 Å². The second-order valence-corrected chi connectivity index (χ2v) is 3.51. The van der Waals surface area contributed by atoms with Crippen molar-refractivity contribution in [2.75, 3.05) is 6.54 Å². The Morgan fingerprint density at radius 3 is 2.91 bits per heavy atom. The van der Waals surface area contributed by atoms with Gasteiger partial charge in [-0.3, -0.25) is 0 Å². The van der Waals surface area contributed by atoms with Gasteiger partial charge in [0.05, 0.1) is 0 Å². The Hall–Kier alpha value is -0.340. The Bertz CT molecular complexity index is 140. The minimum Gasteiger partial charge on any atom is -0.330 e. The van der Waals surface area contributed by atoms with Gasteiger partial charge in [0.2, 0.25) is 0 Å². The quantitative estimate of drug-likeness (QED) is 0.580. The monoisotopic (exact) mass is 154 g/mol. The van der Waals surface area contributed by atoms with E-state index in [1.165, 1.54) is 6.42 Å². The van der Waals surface area contributed by atoms with Crippen molar-refractivity contribution >= 4 is 0 Å². The minimum absolute atomic E-state index is 0.314. The topological polar surface area (TPSA) is 52.0 Å². The lowest BCUT2D eigenvalue weighted by Crippen LogP contribution is -2.31. The van der Waals surface area contributed by atoms with E-state index >= 15 is 0 Å². The van der Waals surface area contributed by atoms with Gasteiger partial charge < -0.3 is 11.5 Å². The van der Waals surface area contributed by atoms with Gasteiger partial charge in [-0.25, -0.2) is 0 Å². The van der Waals surface area contributed by atoms with Crippen LogP contribution in [0.25, 0.3) is 0 Å². The highest BCUT2D eigenvalue weighted by Gasteiger charge is 2.19. The van der Waals surface area contributed by atoms with E-state index in [0.717, 1.165) is 13.0 Å². The molecule has 0 aromatic carbocycles. The Labute approximate surface area is 68.6 Å². The van der Waals surface area contributed by atoms with Crippen molar-refractivity contribution in [2.24, 2.45) is 23.3 Å². The van der Waals surface area contributed by atoms with Gasteiger partial charge in [-0.15, -0.1) is 0 Å². The number of nitrogens with two attached hydrogens (primary N) is 2. The highest BCUT2D eigenvalue weighted by molar-refractivity contribution is 4.98. The van der Waals surface area contributed by atoms with E-state index in [0.29, 0.717) is 17.9 Å². The maximum absolute atomic E-state index is 5.81. The third-order valence-electron chi connectivity index (χ3n) is 2.50. The van der Waals surface area contributed by atoms with Crippen LogP contribution in [0.5, 0.6) is 0 Å². The molecule has 0 aromatic rings. The van der Waals surface area contributed by atoms with Crippen molar-refractivity contribution < 1.29 is 0 Å². The van der Waals surface area contributed by atoms with Crippen LogP contribution in [-0.2, 0) is 0 Å². The lowest BCUT2D eigenvalue weighted by molar-refractivity contribution is 0.354. The van der Waals surface area contributed by atoms with Gasteiger partial charge >= 0.3 is 0 Å². The number of hydrogen-bond acceptors (Lipinski definition) is 2. The summed E-state index contributed by atoms with van der Waals surface area (Å²) in [5.41, 5.74) is 11.4. The molecule has 0 fully saturated rings. The molecule has 0 spiro atoms. The van der Waals surface area contributed by atoms with Crippen LogP contribution >= 0.6 is 0 Å². The smallest absolute Gasteiger partial charge is 0.00419 e.